The summed E-state index contributed by atoms with van der Waals surface area (Å²) in [5, 5.41) is 0. The van der Waals surface area contributed by atoms with E-state index >= 15 is 0 Å². The van der Waals surface area contributed by atoms with Crippen molar-refractivity contribution >= 4 is 5.91 Å². The molecule has 2 N–H and O–H groups in total. The van der Waals surface area contributed by atoms with Gasteiger partial charge < -0.3 is 10.6 Å². The van der Waals surface area contributed by atoms with Gasteiger partial charge in [0.1, 0.15) is 0 Å². The average molecular weight is 199 g/mol. The van der Waals surface area contributed by atoms with Crippen LogP contribution in [0.25, 0.3) is 0 Å². The van der Waals surface area contributed by atoms with Crippen LogP contribution in [0, 0.1) is 0 Å². The summed E-state index contributed by atoms with van der Waals surface area (Å²) in [4.78, 5) is 15.6. The minimum Gasteiger partial charge on any atom is -0.343 e. The van der Waals surface area contributed by atoms with Gasteiger partial charge in [0.05, 0.1) is 6.04 Å². The van der Waals surface area contributed by atoms with Crippen LogP contribution in [-0.4, -0.2) is 54.0 Å². The van der Waals surface area contributed by atoms with E-state index in [4.69, 9.17) is 5.73 Å². The number of carbonyl (C=O) groups excluding carboxylic acids is 1. The van der Waals surface area contributed by atoms with Crippen molar-refractivity contribution in [2.24, 2.45) is 5.73 Å². The second-order valence-corrected chi connectivity index (χ2v) is 4.89. The Morgan fingerprint density at radius 1 is 1.50 bits per heavy atom. The molecule has 0 radical (unpaired) electrons. The number of hydrogen-bond donors (Lipinski definition) is 1. The van der Waals surface area contributed by atoms with E-state index in [0.29, 0.717) is 0 Å². The van der Waals surface area contributed by atoms with Gasteiger partial charge in [-0.25, -0.2) is 0 Å². The van der Waals surface area contributed by atoms with Crippen molar-refractivity contribution in [1.29, 1.82) is 0 Å². The summed E-state index contributed by atoms with van der Waals surface area (Å²) < 4.78 is 0. The zero-order valence-electron chi connectivity index (χ0n) is 9.58. The second-order valence-electron chi connectivity index (χ2n) is 4.89. The van der Waals surface area contributed by atoms with E-state index in [1.807, 2.05) is 27.8 Å². The highest BCUT2D eigenvalue weighted by molar-refractivity contribution is 5.81. The van der Waals surface area contributed by atoms with E-state index in [1.54, 1.807) is 4.90 Å². The molecule has 0 spiro atoms. The summed E-state index contributed by atoms with van der Waals surface area (Å²) >= 11 is 0. The number of piperazine rings is 1. The topological polar surface area (TPSA) is 49.6 Å². The third-order valence-corrected chi connectivity index (χ3v) is 2.61. The van der Waals surface area contributed by atoms with Crippen molar-refractivity contribution in [1.82, 2.24) is 9.80 Å². The van der Waals surface area contributed by atoms with Gasteiger partial charge in [-0.05, 0) is 20.8 Å². The summed E-state index contributed by atoms with van der Waals surface area (Å²) in [6.45, 7) is 8.42. The Morgan fingerprint density at radius 3 is 2.57 bits per heavy atom. The van der Waals surface area contributed by atoms with Gasteiger partial charge >= 0.3 is 0 Å². The molecule has 1 atom stereocenters. The summed E-state index contributed by atoms with van der Waals surface area (Å²) in [6, 6.07) is -0.0309. The Bertz CT molecular complexity index is 222. The standard InChI is InChI=1S/C10H21N3O/c1-8-9(14)12(4)5-6-13(8)7-10(2,3)11/h8H,5-7,11H2,1-4H3. The van der Waals surface area contributed by atoms with E-state index in [2.05, 4.69) is 4.90 Å². The first-order valence-corrected chi connectivity index (χ1v) is 5.09. The Balaban J connectivity index is 2.60. The van der Waals surface area contributed by atoms with Crippen molar-refractivity contribution in [3.05, 3.63) is 0 Å². The summed E-state index contributed by atoms with van der Waals surface area (Å²) in [5.41, 5.74) is 5.71. The second kappa shape index (κ2) is 3.87. The number of hydrogen-bond acceptors (Lipinski definition) is 3. The zero-order chi connectivity index (χ0) is 10.9. The molecule has 1 amide bonds. The molecular weight excluding hydrogens is 178 g/mol. The van der Waals surface area contributed by atoms with Crippen molar-refractivity contribution in [3.63, 3.8) is 0 Å². The minimum absolute atomic E-state index is 0.0309. The van der Waals surface area contributed by atoms with Crippen LogP contribution in [-0.2, 0) is 4.79 Å². The maximum Gasteiger partial charge on any atom is 0.239 e. The largest absolute Gasteiger partial charge is 0.343 e. The van der Waals surface area contributed by atoms with Gasteiger partial charge in [-0.15, -0.1) is 0 Å². The van der Waals surface area contributed by atoms with Crippen LogP contribution in [0.3, 0.4) is 0 Å². The summed E-state index contributed by atoms with van der Waals surface area (Å²) in [5.74, 6) is 0.195. The Labute approximate surface area is 86.0 Å². The van der Waals surface area contributed by atoms with Crippen LogP contribution >= 0.6 is 0 Å². The van der Waals surface area contributed by atoms with E-state index in [1.165, 1.54) is 0 Å². The first-order chi connectivity index (χ1) is 6.31. The predicted octanol–water partition coefficient (Wildman–Crippen LogP) is -0.114. The molecule has 0 saturated carbocycles. The van der Waals surface area contributed by atoms with E-state index in [-0.39, 0.29) is 17.5 Å². The molecule has 1 heterocycles. The molecule has 1 unspecified atom stereocenters. The number of nitrogens with zero attached hydrogens (tertiary/aromatic N) is 2. The first-order valence-electron chi connectivity index (χ1n) is 5.09. The molecule has 4 nitrogen and oxygen atoms in total. The van der Waals surface area contributed by atoms with Gasteiger partial charge in [0.15, 0.2) is 0 Å². The molecule has 82 valence electrons. The molecule has 1 aliphatic heterocycles. The van der Waals surface area contributed by atoms with Gasteiger partial charge in [-0.3, -0.25) is 9.69 Å². The molecule has 4 heteroatoms. The van der Waals surface area contributed by atoms with Crippen molar-refractivity contribution in [3.8, 4) is 0 Å². The highest BCUT2D eigenvalue weighted by Gasteiger charge is 2.31. The number of amides is 1. The summed E-state index contributed by atoms with van der Waals surface area (Å²) in [7, 11) is 1.85. The van der Waals surface area contributed by atoms with Crippen LogP contribution in [0.1, 0.15) is 20.8 Å². The maximum atomic E-state index is 11.7. The van der Waals surface area contributed by atoms with Crippen molar-refractivity contribution < 1.29 is 4.79 Å². The number of carbonyl (C=O) groups is 1. The fourth-order valence-corrected chi connectivity index (χ4v) is 1.80. The highest BCUT2D eigenvalue weighted by atomic mass is 16.2. The van der Waals surface area contributed by atoms with Gasteiger partial charge in [0.25, 0.3) is 0 Å². The number of likely N-dealkylation sites (N-methyl/N-ethyl adjacent to an activating group) is 1. The Morgan fingerprint density at radius 2 is 2.07 bits per heavy atom. The maximum absolute atomic E-state index is 11.7. The molecule has 14 heavy (non-hydrogen) atoms. The lowest BCUT2D eigenvalue weighted by Crippen LogP contribution is -2.58. The smallest absolute Gasteiger partial charge is 0.239 e. The lowest BCUT2D eigenvalue weighted by molar-refractivity contribution is -0.139. The molecule has 0 bridgehead atoms. The van der Waals surface area contributed by atoms with Gasteiger partial charge in [0, 0.05) is 32.2 Å². The third-order valence-electron chi connectivity index (χ3n) is 2.61. The van der Waals surface area contributed by atoms with E-state index in [0.717, 1.165) is 19.6 Å². The zero-order valence-corrected chi connectivity index (χ0v) is 9.58. The normalized spacial score (nSPS) is 25.6. The molecule has 0 aromatic carbocycles. The fourth-order valence-electron chi connectivity index (χ4n) is 1.80. The summed E-state index contributed by atoms with van der Waals surface area (Å²) in [6.07, 6.45) is 0. The van der Waals surface area contributed by atoms with E-state index < -0.39 is 0 Å². The lowest BCUT2D eigenvalue weighted by Gasteiger charge is -2.40. The lowest BCUT2D eigenvalue weighted by atomic mass is 10.0. The van der Waals surface area contributed by atoms with Crippen molar-refractivity contribution in [2.45, 2.75) is 32.4 Å². The fraction of sp³-hybridized carbons (Fsp3) is 0.900. The van der Waals surface area contributed by atoms with Gasteiger partial charge in [-0.2, -0.15) is 0 Å². The van der Waals surface area contributed by atoms with Crippen LogP contribution in [0.5, 0.6) is 0 Å². The van der Waals surface area contributed by atoms with Crippen LogP contribution < -0.4 is 5.73 Å². The monoisotopic (exact) mass is 199 g/mol. The molecule has 1 saturated heterocycles. The molecule has 0 aromatic rings. The first kappa shape index (κ1) is 11.5. The quantitative estimate of drug-likeness (QED) is 0.675. The highest BCUT2D eigenvalue weighted by Crippen LogP contribution is 2.12. The molecule has 1 fully saturated rings. The van der Waals surface area contributed by atoms with Crippen LogP contribution in [0.2, 0.25) is 0 Å². The number of nitrogens with two attached hydrogens (primary N) is 1. The molecule has 0 aliphatic carbocycles. The minimum atomic E-state index is -0.232. The Hall–Kier alpha value is -0.610. The molecule has 1 aliphatic rings. The van der Waals surface area contributed by atoms with Gasteiger partial charge in [0.2, 0.25) is 5.91 Å². The van der Waals surface area contributed by atoms with Gasteiger partial charge in [-0.1, -0.05) is 0 Å². The Kier molecular flexibility index (Phi) is 3.17. The molecule has 0 aromatic heterocycles. The molecular formula is C10H21N3O. The predicted molar refractivity (Wildman–Crippen MR) is 56.9 cm³/mol. The van der Waals surface area contributed by atoms with Crippen molar-refractivity contribution in [2.75, 3.05) is 26.7 Å². The number of rotatable bonds is 2. The van der Waals surface area contributed by atoms with Crippen LogP contribution in [0.15, 0.2) is 0 Å². The average Bonchev–Trinajstić information content (AvgIpc) is 2.04. The molecule has 1 rings (SSSR count). The third kappa shape index (κ3) is 2.69. The van der Waals surface area contributed by atoms with E-state index in [9.17, 15) is 4.79 Å². The van der Waals surface area contributed by atoms with Crippen LogP contribution in [0.4, 0.5) is 0 Å². The SMILES string of the molecule is CC1C(=O)N(C)CCN1CC(C)(C)N.